The van der Waals surface area contributed by atoms with Crippen LogP contribution in [0.4, 0.5) is 10.3 Å². The van der Waals surface area contributed by atoms with E-state index in [-0.39, 0.29) is 12.5 Å². The molecule has 1 aromatic heterocycles. The second-order valence-corrected chi connectivity index (χ2v) is 3.22. The lowest BCUT2D eigenvalue weighted by Gasteiger charge is -2.02. The first-order valence-corrected chi connectivity index (χ1v) is 4.52. The normalized spacial score (nSPS) is 10.0. The van der Waals surface area contributed by atoms with Crippen LogP contribution < -0.4 is 5.73 Å². The molecule has 0 aliphatic rings. The number of halogens is 1. The highest BCUT2D eigenvalue weighted by Crippen LogP contribution is 2.11. The molecule has 80 valence electrons. The van der Waals surface area contributed by atoms with E-state index in [2.05, 4.69) is 10.1 Å². The van der Waals surface area contributed by atoms with E-state index in [4.69, 9.17) is 11.0 Å². The number of nitrogens with zero attached hydrogens (tertiary/aromatic N) is 4. The molecule has 2 aromatic rings. The summed E-state index contributed by atoms with van der Waals surface area (Å²) in [7, 11) is 0. The number of nitriles is 1. The Morgan fingerprint density at radius 1 is 1.50 bits per heavy atom. The van der Waals surface area contributed by atoms with Gasteiger partial charge < -0.3 is 5.73 Å². The first-order valence-electron chi connectivity index (χ1n) is 4.52. The van der Waals surface area contributed by atoms with E-state index < -0.39 is 5.82 Å². The highest BCUT2D eigenvalue weighted by Gasteiger charge is 2.05. The van der Waals surface area contributed by atoms with E-state index in [1.807, 2.05) is 6.07 Å². The van der Waals surface area contributed by atoms with E-state index in [1.165, 1.54) is 17.1 Å². The molecule has 2 rings (SSSR count). The Morgan fingerprint density at radius 3 is 2.88 bits per heavy atom. The van der Waals surface area contributed by atoms with Gasteiger partial charge in [0.05, 0.1) is 18.2 Å². The van der Waals surface area contributed by atoms with Gasteiger partial charge in [0.1, 0.15) is 12.1 Å². The molecule has 0 atom stereocenters. The summed E-state index contributed by atoms with van der Waals surface area (Å²) in [4.78, 5) is 3.73. The number of hydrogen-bond donors (Lipinski definition) is 1. The third-order valence-corrected chi connectivity index (χ3v) is 2.07. The molecule has 0 amide bonds. The second kappa shape index (κ2) is 3.98. The van der Waals surface area contributed by atoms with Crippen LogP contribution in [-0.2, 0) is 6.54 Å². The minimum Gasteiger partial charge on any atom is -0.367 e. The Balaban J connectivity index is 2.26. The Hall–Kier alpha value is -2.42. The van der Waals surface area contributed by atoms with Gasteiger partial charge in [-0.2, -0.15) is 5.26 Å². The fourth-order valence-corrected chi connectivity index (χ4v) is 1.30. The summed E-state index contributed by atoms with van der Waals surface area (Å²) in [5.74, 6) is -0.290. The van der Waals surface area contributed by atoms with Crippen molar-refractivity contribution in [1.82, 2.24) is 14.8 Å². The maximum absolute atomic E-state index is 13.5. The smallest absolute Gasteiger partial charge is 0.239 e. The van der Waals surface area contributed by atoms with Gasteiger partial charge in [0.25, 0.3) is 0 Å². The van der Waals surface area contributed by atoms with E-state index in [0.29, 0.717) is 11.1 Å². The van der Waals surface area contributed by atoms with Crippen LogP contribution in [0.25, 0.3) is 0 Å². The SMILES string of the molecule is N#Cc1ccc(Cn2cnc(N)n2)c(F)c1. The molecule has 1 aromatic carbocycles. The fraction of sp³-hybridized carbons (Fsp3) is 0.100. The zero-order valence-electron chi connectivity index (χ0n) is 8.26. The van der Waals surface area contributed by atoms with Crippen molar-refractivity contribution in [1.29, 1.82) is 5.26 Å². The molecular weight excluding hydrogens is 209 g/mol. The number of anilines is 1. The summed E-state index contributed by atoms with van der Waals surface area (Å²) in [6, 6.07) is 6.16. The summed E-state index contributed by atoms with van der Waals surface area (Å²) >= 11 is 0. The van der Waals surface area contributed by atoms with Gasteiger partial charge in [-0.3, -0.25) is 0 Å². The van der Waals surface area contributed by atoms with Crippen LogP contribution in [0.3, 0.4) is 0 Å². The zero-order chi connectivity index (χ0) is 11.5. The number of hydrogen-bond acceptors (Lipinski definition) is 4. The van der Waals surface area contributed by atoms with Crippen molar-refractivity contribution >= 4 is 5.95 Å². The van der Waals surface area contributed by atoms with Gasteiger partial charge in [-0.1, -0.05) is 6.07 Å². The van der Waals surface area contributed by atoms with Crippen molar-refractivity contribution in [3.05, 3.63) is 41.5 Å². The van der Waals surface area contributed by atoms with Gasteiger partial charge in [-0.05, 0) is 12.1 Å². The predicted molar refractivity (Wildman–Crippen MR) is 54.7 cm³/mol. The van der Waals surface area contributed by atoms with E-state index >= 15 is 0 Å². The van der Waals surface area contributed by atoms with Crippen molar-refractivity contribution < 1.29 is 4.39 Å². The van der Waals surface area contributed by atoms with Crippen molar-refractivity contribution in [2.45, 2.75) is 6.54 Å². The molecule has 0 aliphatic carbocycles. The molecule has 0 bridgehead atoms. The Kier molecular flexibility index (Phi) is 2.52. The molecule has 0 radical (unpaired) electrons. The van der Waals surface area contributed by atoms with E-state index in [1.54, 1.807) is 12.1 Å². The molecule has 0 spiro atoms. The lowest BCUT2D eigenvalue weighted by atomic mass is 10.1. The molecule has 2 N–H and O–H groups in total. The lowest BCUT2D eigenvalue weighted by molar-refractivity contribution is 0.585. The topological polar surface area (TPSA) is 80.5 Å². The molecule has 16 heavy (non-hydrogen) atoms. The molecular formula is C10H8FN5. The average molecular weight is 217 g/mol. The zero-order valence-corrected chi connectivity index (χ0v) is 8.26. The number of benzene rings is 1. The standard InChI is InChI=1S/C10H8FN5/c11-9-3-7(4-12)1-2-8(9)5-16-6-14-10(13)15-16/h1-3,6H,5H2,(H2,13,15). The molecule has 0 saturated carbocycles. The van der Waals surface area contributed by atoms with E-state index in [9.17, 15) is 4.39 Å². The predicted octanol–water partition coefficient (Wildman–Crippen LogP) is 0.919. The van der Waals surface area contributed by atoms with Crippen LogP contribution >= 0.6 is 0 Å². The monoisotopic (exact) mass is 217 g/mol. The lowest BCUT2D eigenvalue weighted by Crippen LogP contribution is -2.03. The molecule has 0 aliphatic heterocycles. The third-order valence-electron chi connectivity index (χ3n) is 2.07. The Bertz CT molecular complexity index is 555. The fourth-order valence-electron chi connectivity index (χ4n) is 1.30. The quantitative estimate of drug-likeness (QED) is 0.811. The number of aromatic nitrogens is 3. The maximum atomic E-state index is 13.5. The third kappa shape index (κ3) is 1.98. The largest absolute Gasteiger partial charge is 0.367 e. The van der Waals surface area contributed by atoms with Crippen LogP contribution in [0.15, 0.2) is 24.5 Å². The van der Waals surface area contributed by atoms with Crippen LogP contribution in [0.1, 0.15) is 11.1 Å². The molecule has 0 saturated heterocycles. The van der Waals surface area contributed by atoms with E-state index in [0.717, 1.165) is 0 Å². The molecule has 5 nitrogen and oxygen atoms in total. The number of nitrogen functional groups attached to an aromatic ring is 1. The van der Waals surface area contributed by atoms with Gasteiger partial charge >= 0.3 is 0 Å². The van der Waals surface area contributed by atoms with Gasteiger partial charge in [0.2, 0.25) is 5.95 Å². The minimum absolute atomic E-state index is 0.147. The number of rotatable bonds is 2. The maximum Gasteiger partial charge on any atom is 0.239 e. The van der Waals surface area contributed by atoms with Crippen molar-refractivity contribution in [2.24, 2.45) is 0 Å². The molecule has 6 heteroatoms. The van der Waals surface area contributed by atoms with Gasteiger partial charge in [0.15, 0.2) is 0 Å². The summed E-state index contributed by atoms with van der Waals surface area (Å²) < 4.78 is 14.9. The number of nitrogens with two attached hydrogens (primary N) is 1. The molecule has 1 heterocycles. The average Bonchev–Trinajstić information content (AvgIpc) is 2.67. The van der Waals surface area contributed by atoms with Gasteiger partial charge in [0, 0.05) is 5.56 Å². The summed E-state index contributed by atoms with van der Waals surface area (Å²) in [5.41, 5.74) is 6.06. The summed E-state index contributed by atoms with van der Waals surface area (Å²) in [5, 5.41) is 12.4. The molecule has 0 fully saturated rings. The van der Waals surface area contributed by atoms with Gasteiger partial charge in [-0.15, -0.1) is 5.10 Å². The minimum atomic E-state index is -0.437. The van der Waals surface area contributed by atoms with Crippen molar-refractivity contribution in [3.63, 3.8) is 0 Å². The summed E-state index contributed by atoms with van der Waals surface area (Å²) in [6.07, 6.45) is 1.42. The Morgan fingerprint density at radius 2 is 2.31 bits per heavy atom. The summed E-state index contributed by atoms with van der Waals surface area (Å²) in [6.45, 7) is 0.238. The van der Waals surface area contributed by atoms with Crippen LogP contribution in [0.2, 0.25) is 0 Å². The highest BCUT2D eigenvalue weighted by atomic mass is 19.1. The van der Waals surface area contributed by atoms with Gasteiger partial charge in [-0.25, -0.2) is 14.1 Å². The first-order chi connectivity index (χ1) is 7.69. The van der Waals surface area contributed by atoms with Crippen molar-refractivity contribution in [2.75, 3.05) is 5.73 Å². The molecule has 0 unspecified atom stereocenters. The second-order valence-electron chi connectivity index (χ2n) is 3.22. The van der Waals surface area contributed by atoms with Crippen LogP contribution in [-0.4, -0.2) is 14.8 Å². The van der Waals surface area contributed by atoms with Crippen LogP contribution in [0.5, 0.6) is 0 Å². The van der Waals surface area contributed by atoms with Crippen molar-refractivity contribution in [3.8, 4) is 6.07 Å². The highest BCUT2D eigenvalue weighted by molar-refractivity contribution is 5.32. The Labute approximate surface area is 90.9 Å². The first kappa shape index (κ1) is 10.1. The van der Waals surface area contributed by atoms with Crippen LogP contribution in [0, 0.1) is 17.1 Å².